The van der Waals surface area contributed by atoms with E-state index in [-0.39, 0.29) is 30.2 Å². The van der Waals surface area contributed by atoms with Gasteiger partial charge in [-0.2, -0.15) is 34.7 Å². The van der Waals surface area contributed by atoms with Gasteiger partial charge in [0.2, 0.25) is 0 Å². The summed E-state index contributed by atoms with van der Waals surface area (Å²) in [5.41, 5.74) is 1.51. The van der Waals surface area contributed by atoms with Crippen molar-refractivity contribution in [2.24, 2.45) is 0 Å². The van der Waals surface area contributed by atoms with Gasteiger partial charge in [0.1, 0.15) is 23.0 Å². The first kappa shape index (κ1) is 45.1. The van der Waals surface area contributed by atoms with Crippen LogP contribution in [0.2, 0.25) is 13.1 Å². The Bertz CT molecular complexity index is 3330. The Morgan fingerprint density at radius 1 is 0.422 bits per heavy atom. The summed E-state index contributed by atoms with van der Waals surface area (Å²) in [5, 5.41) is 14.6. The number of fused-ring (bicyclic) bond motifs is 8. The van der Waals surface area contributed by atoms with E-state index in [2.05, 4.69) is 207 Å². The van der Waals surface area contributed by atoms with Gasteiger partial charge in [-0.15, -0.1) is 46.9 Å². The Morgan fingerprint density at radius 2 is 0.781 bits per heavy atom. The van der Waals surface area contributed by atoms with Crippen LogP contribution in [-0.4, -0.2) is 5.43 Å². The number of hydrogen-bond acceptors (Lipinski definition) is 2. The Labute approximate surface area is 401 Å². The smallest absolute Gasteiger partial charge is 0.109 e. The fourth-order valence-corrected chi connectivity index (χ4v) is 9.33. The summed E-state index contributed by atoms with van der Waals surface area (Å²) in [4.78, 5) is 0. The molecule has 0 aliphatic heterocycles. The number of rotatable bonds is 4. The summed E-state index contributed by atoms with van der Waals surface area (Å²) in [6, 6.07) is 64.3. The van der Waals surface area contributed by atoms with Crippen molar-refractivity contribution in [1.29, 1.82) is 0 Å². The third kappa shape index (κ3) is 8.12. The van der Waals surface area contributed by atoms with E-state index in [0.29, 0.717) is 0 Å². The molecule has 2 aromatic heterocycles. The molecule has 0 N–H and O–H groups in total. The molecule has 2 unspecified atom stereocenters. The second-order valence-electron chi connectivity index (χ2n) is 16.5. The maximum absolute atomic E-state index is 6.22. The average molecular weight is 963 g/mol. The van der Waals surface area contributed by atoms with Crippen molar-refractivity contribution in [2.45, 2.75) is 37.8 Å². The molecule has 2 aliphatic rings. The van der Waals surface area contributed by atoms with E-state index >= 15 is 0 Å². The standard InChI is InChI=1S/2C28H19O.C2H6Si.2ClH.Zr/c2*1-19-13-16-26(29-19)28(17-22-8-2-3-9-23(22)18-28)25-12-6-10-21-15-14-20-7-4-5-11-24(20)27(21)25;1-3-2;;;/h2*2-17H,1H3;1-2H3;2*1H;/q2*-1;;;;+2/p-2. The van der Waals surface area contributed by atoms with Gasteiger partial charge in [0.05, 0.1) is 0 Å². The first-order chi connectivity index (χ1) is 30.2. The van der Waals surface area contributed by atoms with E-state index in [0.717, 1.165) is 33.5 Å². The van der Waals surface area contributed by atoms with Gasteiger partial charge in [-0.1, -0.05) is 121 Å². The van der Waals surface area contributed by atoms with Crippen molar-refractivity contribution >= 4 is 72.8 Å². The van der Waals surface area contributed by atoms with E-state index in [9.17, 15) is 0 Å². The molecule has 312 valence electrons. The molecule has 2 aliphatic carbocycles. The second kappa shape index (κ2) is 18.6. The van der Waals surface area contributed by atoms with Crippen molar-refractivity contribution in [1.82, 2.24) is 0 Å². The Balaban J connectivity index is 0.000000157. The Hall–Kier alpha value is -5.48. The third-order valence-corrected chi connectivity index (χ3v) is 12.0. The minimum Gasteiger partial charge on any atom is -1.00 e. The summed E-state index contributed by atoms with van der Waals surface area (Å²) in [5.74, 6) is 3.64. The van der Waals surface area contributed by atoms with Crippen LogP contribution in [0.1, 0.15) is 34.2 Å². The predicted octanol–water partition coefficient (Wildman–Crippen LogP) is 5.46. The van der Waals surface area contributed by atoms with E-state index in [1.54, 1.807) is 23.3 Å². The maximum atomic E-state index is 6.22. The normalized spacial score (nSPS) is 16.6. The minimum absolute atomic E-state index is 0. The zero-order valence-corrected chi connectivity index (χ0v) is 41.0. The topological polar surface area (TPSA) is 26.3 Å². The van der Waals surface area contributed by atoms with Gasteiger partial charge in [-0.3, -0.25) is 0 Å². The molecule has 64 heavy (non-hydrogen) atoms. The number of aryl methyl sites for hydroxylation is 2. The maximum Gasteiger partial charge on any atom is 0.109 e. The number of furan rings is 2. The van der Waals surface area contributed by atoms with Crippen molar-refractivity contribution in [3.05, 3.63) is 237 Å². The molecule has 0 saturated heterocycles. The fraction of sp³-hybridized carbons (Fsp3) is 0.103. The van der Waals surface area contributed by atoms with Gasteiger partial charge in [0.15, 0.2) is 0 Å². The van der Waals surface area contributed by atoms with Crippen LogP contribution in [-0.2, 0) is 34.2 Å². The van der Waals surface area contributed by atoms with Gasteiger partial charge in [-0.05, 0) is 92.3 Å². The minimum atomic E-state index is -0.554. The van der Waals surface area contributed by atoms with E-state index in [4.69, 9.17) is 8.83 Å². The fourth-order valence-electron chi connectivity index (χ4n) is 9.33. The van der Waals surface area contributed by atoms with Crippen LogP contribution in [0.5, 0.6) is 0 Å². The molecular formula is C58H44Cl2O2SiZr-2. The first-order valence-corrected chi connectivity index (χ1v) is 27.3. The van der Waals surface area contributed by atoms with Crippen molar-refractivity contribution in [3.8, 4) is 0 Å². The number of benzene rings is 8. The second-order valence-corrected chi connectivity index (χ2v) is 25.9. The predicted molar refractivity (Wildman–Crippen MR) is 256 cm³/mol. The summed E-state index contributed by atoms with van der Waals surface area (Å²) >= 11 is 1.74. The molecule has 6 heteroatoms. The van der Waals surface area contributed by atoms with Crippen LogP contribution >= 0.6 is 0 Å². The van der Waals surface area contributed by atoms with Crippen LogP contribution in [0.15, 0.2) is 191 Å². The quantitative estimate of drug-likeness (QED) is 0.133. The van der Waals surface area contributed by atoms with E-state index < -0.39 is 10.8 Å². The van der Waals surface area contributed by atoms with Crippen LogP contribution in [0.4, 0.5) is 0 Å². The van der Waals surface area contributed by atoms with Crippen molar-refractivity contribution < 1.29 is 57.0 Å². The SMILES string of the molecule is C[Si](C)=[Zr+2].Cc1ccc(C2(c3cccc4ccc5ccccc5c34)[C-]=c3ccccc3=C2)o1.Cc1ccc(C2(c3cccc4ccc5ccccc5c34)[C-]=c3ccccc3=C2)o1.[Cl-].[Cl-]. The summed E-state index contributed by atoms with van der Waals surface area (Å²) in [6.07, 6.45) is 12.2. The summed E-state index contributed by atoms with van der Waals surface area (Å²) in [7, 11) is 0. The summed E-state index contributed by atoms with van der Waals surface area (Å²) in [6.45, 7) is 8.61. The molecule has 2 nitrogen and oxygen atoms in total. The molecule has 0 amide bonds. The van der Waals surface area contributed by atoms with Gasteiger partial charge < -0.3 is 33.6 Å². The summed E-state index contributed by atoms with van der Waals surface area (Å²) < 4.78 is 12.4. The zero-order chi connectivity index (χ0) is 42.4. The Morgan fingerprint density at radius 3 is 1.17 bits per heavy atom. The molecule has 12 rings (SSSR count). The molecule has 0 spiro atoms. The van der Waals surface area contributed by atoms with Crippen LogP contribution in [0.3, 0.4) is 0 Å². The van der Waals surface area contributed by atoms with Crippen molar-refractivity contribution in [2.75, 3.05) is 0 Å². The number of halogens is 2. The monoisotopic (exact) mass is 960 g/mol. The van der Waals surface area contributed by atoms with Gasteiger partial charge in [0.25, 0.3) is 0 Å². The van der Waals surface area contributed by atoms with E-state index in [1.165, 1.54) is 64.7 Å². The third-order valence-electron chi connectivity index (χ3n) is 12.0. The number of hydrogen-bond donors (Lipinski definition) is 0. The van der Waals surface area contributed by atoms with Crippen LogP contribution in [0.25, 0.3) is 67.4 Å². The molecule has 0 fully saturated rings. The molecule has 0 bridgehead atoms. The molecule has 0 saturated carbocycles. The first-order valence-electron chi connectivity index (χ1n) is 21.2. The molecule has 8 aromatic carbocycles. The molecular weight excluding hydrogens is 919 g/mol. The Kier molecular flexibility index (Phi) is 13.1. The molecule has 2 heterocycles. The molecule has 10 aromatic rings. The average Bonchev–Trinajstić information content (AvgIpc) is 4.11. The largest absolute Gasteiger partial charge is 1.00 e. The van der Waals surface area contributed by atoms with Crippen molar-refractivity contribution in [3.63, 3.8) is 0 Å². The molecule has 0 radical (unpaired) electrons. The van der Waals surface area contributed by atoms with Gasteiger partial charge >= 0.3 is 41.9 Å². The molecule has 2 atom stereocenters. The zero-order valence-electron chi connectivity index (χ0n) is 36.0. The van der Waals surface area contributed by atoms with Gasteiger partial charge in [-0.25, -0.2) is 0 Å². The van der Waals surface area contributed by atoms with Crippen LogP contribution < -0.4 is 45.7 Å². The van der Waals surface area contributed by atoms with E-state index in [1.807, 2.05) is 26.0 Å². The van der Waals surface area contributed by atoms with Crippen LogP contribution in [0, 0.1) is 13.8 Å². The van der Waals surface area contributed by atoms with Gasteiger partial charge in [0, 0.05) is 10.8 Å².